The summed E-state index contributed by atoms with van der Waals surface area (Å²) in [7, 11) is 0. The van der Waals surface area contributed by atoms with E-state index in [1.807, 2.05) is 13.1 Å². The second kappa shape index (κ2) is 3.26. The zero-order valence-corrected chi connectivity index (χ0v) is 5.52. The first-order valence-corrected chi connectivity index (χ1v) is 3.06. The Morgan fingerprint density at radius 2 is 2.67 bits per heavy atom. The van der Waals surface area contributed by atoms with E-state index in [9.17, 15) is 0 Å². The van der Waals surface area contributed by atoms with E-state index in [-0.39, 0.29) is 0 Å². The standard InChI is InChI=1S/C7H10N2/c1-2-3-7-4-8-6-9-5-7/h4,7,9H,5-6H2,1H3. The highest BCUT2D eigenvalue weighted by atomic mass is 15.0. The average molecular weight is 122 g/mol. The van der Waals surface area contributed by atoms with Crippen LogP contribution in [0.15, 0.2) is 4.99 Å². The van der Waals surface area contributed by atoms with Crippen LogP contribution in [0.5, 0.6) is 0 Å². The highest BCUT2D eigenvalue weighted by Gasteiger charge is 2.02. The SMILES string of the molecule is CC#CC1C=NCNC1. The Morgan fingerprint density at radius 3 is 3.22 bits per heavy atom. The summed E-state index contributed by atoms with van der Waals surface area (Å²) in [4.78, 5) is 4.04. The average Bonchev–Trinajstić information content (AvgIpc) is 1.91. The maximum absolute atomic E-state index is 4.04. The van der Waals surface area contributed by atoms with Gasteiger partial charge in [-0.15, -0.1) is 5.92 Å². The van der Waals surface area contributed by atoms with Crippen LogP contribution in [0.2, 0.25) is 0 Å². The molecule has 0 aromatic rings. The predicted octanol–water partition coefficient (Wildman–Crippen LogP) is 0.257. The summed E-state index contributed by atoms with van der Waals surface area (Å²) < 4.78 is 0. The topological polar surface area (TPSA) is 24.4 Å². The van der Waals surface area contributed by atoms with Crippen molar-refractivity contribution in [2.75, 3.05) is 13.2 Å². The molecule has 0 radical (unpaired) electrons. The van der Waals surface area contributed by atoms with Gasteiger partial charge in [0.25, 0.3) is 0 Å². The number of rotatable bonds is 0. The highest BCUT2D eigenvalue weighted by Crippen LogP contribution is 1.91. The van der Waals surface area contributed by atoms with Gasteiger partial charge < -0.3 is 0 Å². The van der Waals surface area contributed by atoms with E-state index < -0.39 is 0 Å². The molecular weight excluding hydrogens is 112 g/mol. The first kappa shape index (κ1) is 6.31. The van der Waals surface area contributed by atoms with E-state index in [4.69, 9.17) is 0 Å². The number of nitrogens with one attached hydrogen (secondary N) is 1. The van der Waals surface area contributed by atoms with E-state index in [2.05, 4.69) is 22.2 Å². The number of hydrogen-bond donors (Lipinski definition) is 1. The van der Waals surface area contributed by atoms with E-state index in [0.29, 0.717) is 5.92 Å². The van der Waals surface area contributed by atoms with Crippen LogP contribution in [-0.2, 0) is 0 Å². The first-order chi connectivity index (χ1) is 4.43. The van der Waals surface area contributed by atoms with Gasteiger partial charge in [-0.2, -0.15) is 0 Å². The van der Waals surface area contributed by atoms with E-state index in [0.717, 1.165) is 13.2 Å². The molecule has 0 amide bonds. The Bertz CT molecular complexity index is 161. The fourth-order valence-electron chi connectivity index (χ4n) is 0.791. The number of nitrogens with zero attached hydrogens (tertiary/aromatic N) is 1. The van der Waals surface area contributed by atoms with Gasteiger partial charge in [-0.1, -0.05) is 5.92 Å². The van der Waals surface area contributed by atoms with Gasteiger partial charge in [-0.3, -0.25) is 10.3 Å². The second-order valence-electron chi connectivity index (χ2n) is 1.94. The Morgan fingerprint density at radius 1 is 1.78 bits per heavy atom. The molecular formula is C7H10N2. The maximum atomic E-state index is 4.04. The van der Waals surface area contributed by atoms with Gasteiger partial charge in [0.2, 0.25) is 0 Å². The Hall–Kier alpha value is -0.810. The molecule has 0 aliphatic carbocycles. The molecule has 0 aromatic carbocycles. The number of hydrogen-bond acceptors (Lipinski definition) is 2. The summed E-state index contributed by atoms with van der Waals surface area (Å²) in [5.41, 5.74) is 0. The lowest BCUT2D eigenvalue weighted by Crippen LogP contribution is -2.27. The van der Waals surface area contributed by atoms with Crippen molar-refractivity contribution < 1.29 is 0 Å². The zero-order valence-electron chi connectivity index (χ0n) is 5.52. The molecule has 0 fully saturated rings. The van der Waals surface area contributed by atoms with Gasteiger partial charge in [-0.05, 0) is 6.92 Å². The molecule has 2 nitrogen and oxygen atoms in total. The molecule has 1 unspecified atom stereocenters. The predicted molar refractivity (Wildman–Crippen MR) is 38.3 cm³/mol. The van der Waals surface area contributed by atoms with Gasteiger partial charge in [0.15, 0.2) is 0 Å². The summed E-state index contributed by atoms with van der Waals surface area (Å²) in [6.45, 7) is 3.55. The van der Waals surface area contributed by atoms with Gasteiger partial charge in [0.05, 0.1) is 12.6 Å². The normalized spacial score (nSPS) is 24.8. The minimum Gasteiger partial charge on any atom is -0.297 e. The molecule has 1 N–H and O–H groups in total. The molecule has 9 heavy (non-hydrogen) atoms. The maximum Gasteiger partial charge on any atom is 0.0881 e. The quantitative estimate of drug-likeness (QED) is 0.458. The van der Waals surface area contributed by atoms with Crippen LogP contribution in [0, 0.1) is 17.8 Å². The van der Waals surface area contributed by atoms with Crippen molar-refractivity contribution in [1.82, 2.24) is 5.32 Å². The van der Waals surface area contributed by atoms with Gasteiger partial charge in [-0.25, -0.2) is 0 Å². The smallest absolute Gasteiger partial charge is 0.0881 e. The van der Waals surface area contributed by atoms with Gasteiger partial charge in [0, 0.05) is 12.8 Å². The molecule has 1 rings (SSSR count). The molecule has 0 bridgehead atoms. The van der Waals surface area contributed by atoms with Crippen molar-refractivity contribution in [3.63, 3.8) is 0 Å². The van der Waals surface area contributed by atoms with Crippen LogP contribution in [0.3, 0.4) is 0 Å². The van der Waals surface area contributed by atoms with E-state index in [1.165, 1.54) is 0 Å². The second-order valence-corrected chi connectivity index (χ2v) is 1.94. The van der Waals surface area contributed by atoms with E-state index >= 15 is 0 Å². The van der Waals surface area contributed by atoms with Crippen LogP contribution in [-0.4, -0.2) is 19.4 Å². The Labute approximate surface area is 55.4 Å². The van der Waals surface area contributed by atoms with E-state index in [1.54, 1.807) is 0 Å². The molecule has 1 aliphatic heterocycles. The number of aliphatic imine (C=N–C) groups is 1. The Kier molecular flexibility index (Phi) is 2.29. The molecule has 2 heteroatoms. The van der Waals surface area contributed by atoms with Crippen molar-refractivity contribution in [3.8, 4) is 11.8 Å². The fourth-order valence-corrected chi connectivity index (χ4v) is 0.791. The zero-order chi connectivity index (χ0) is 6.53. The van der Waals surface area contributed by atoms with Crippen LogP contribution < -0.4 is 5.32 Å². The molecule has 1 heterocycles. The van der Waals surface area contributed by atoms with Crippen LogP contribution in [0.4, 0.5) is 0 Å². The molecule has 48 valence electrons. The summed E-state index contributed by atoms with van der Waals surface area (Å²) >= 11 is 0. The van der Waals surface area contributed by atoms with Crippen LogP contribution in [0.1, 0.15) is 6.92 Å². The minimum absolute atomic E-state index is 0.337. The van der Waals surface area contributed by atoms with Gasteiger partial charge >= 0.3 is 0 Å². The Balaban J connectivity index is 2.46. The first-order valence-electron chi connectivity index (χ1n) is 3.06. The van der Waals surface area contributed by atoms with Gasteiger partial charge in [0.1, 0.15) is 0 Å². The lowest BCUT2D eigenvalue weighted by Gasteiger charge is -2.09. The summed E-state index contributed by atoms with van der Waals surface area (Å²) in [6.07, 6.45) is 1.91. The van der Waals surface area contributed by atoms with Crippen molar-refractivity contribution in [2.24, 2.45) is 10.9 Å². The molecule has 1 aliphatic rings. The summed E-state index contributed by atoms with van der Waals surface area (Å²) in [6, 6.07) is 0. The molecule has 0 saturated carbocycles. The van der Waals surface area contributed by atoms with Crippen molar-refractivity contribution in [3.05, 3.63) is 0 Å². The molecule has 0 saturated heterocycles. The monoisotopic (exact) mass is 122 g/mol. The largest absolute Gasteiger partial charge is 0.297 e. The van der Waals surface area contributed by atoms with Crippen LogP contribution >= 0.6 is 0 Å². The van der Waals surface area contributed by atoms with Crippen molar-refractivity contribution in [1.29, 1.82) is 0 Å². The minimum atomic E-state index is 0.337. The lowest BCUT2D eigenvalue weighted by atomic mass is 10.1. The van der Waals surface area contributed by atoms with Crippen molar-refractivity contribution >= 4 is 6.21 Å². The molecule has 0 spiro atoms. The molecule has 0 aromatic heterocycles. The third-order valence-electron chi connectivity index (χ3n) is 1.18. The highest BCUT2D eigenvalue weighted by molar-refractivity contribution is 5.65. The summed E-state index contributed by atoms with van der Waals surface area (Å²) in [5, 5.41) is 3.12. The van der Waals surface area contributed by atoms with Crippen molar-refractivity contribution in [2.45, 2.75) is 6.92 Å². The lowest BCUT2D eigenvalue weighted by molar-refractivity contribution is 0.646. The van der Waals surface area contributed by atoms with Crippen LogP contribution in [0.25, 0.3) is 0 Å². The summed E-state index contributed by atoms with van der Waals surface area (Å²) in [5.74, 6) is 6.22. The fraction of sp³-hybridized carbons (Fsp3) is 0.571. The molecule has 1 atom stereocenters. The third-order valence-corrected chi connectivity index (χ3v) is 1.18. The third kappa shape index (κ3) is 1.87.